The molecule has 1 atom stereocenters. The molecule has 5 nitrogen and oxygen atoms in total. The van der Waals surface area contributed by atoms with Crippen molar-refractivity contribution in [2.75, 3.05) is 18.0 Å². The number of hydrogen-bond acceptors (Lipinski definition) is 3. The highest BCUT2D eigenvalue weighted by Gasteiger charge is 2.23. The van der Waals surface area contributed by atoms with E-state index in [2.05, 4.69) is 52.5 Å². The molecule has 4 aromatic rings. The van der Waals surface area contributed by atoms with Crippen LogP contribution in [0.3, 0.4) is 0 Å². The maximum absolute atomic E-state index is 13.4. The van der Waals surface area contributed by atoms with Crippen molar-refractivity contribution >= 4 is 22.5 Å². The van der Waals surface area contributed by atoms with Crippen molar-refractivity contribution < 1.29 is 4.79 Å². The molecule has 1 aromatic heterocycles. The van der Waals surface area contributed by atoms with Gasteiger partial charge in [-0.3, -0.25) is 9.59 Å². The maximum atomic E-state index is 13.4. The standard InChI is InChI=1S/C31H33N3O2/c1-21-11-13-25(28(17-21)34-15-7-4-8-16-34)31(24-9-5-3-6-10-24)33-30(36)20-23-12-14-27-26(19-23)22(2)18-29(35)32-27/h3,5-6,9-14,17-19,31H,4,7-8,15-16,20H2,1-2H3,(H,32,35)(H,33,36). The molecule has 0 spiro atoms. The van der Waals surface area contributed by atoms with Crippen molar-refractivity contribution in [2.24, 2.45) is 0 Å². The van der Waals surface area contributed by atoms with Crippen LogP contribution in [0.2, 0.25) is 0 Å². The van der Waals surface area contributed by atoms with Gasteiger partial charge in [-0.15, -0.1) is 0 Å². The van der Waals surface area contributed by atoms with Gasteiger partial charge in [0, 0.05) is 41.3 Å². The first kappa shape index (κ1) is 23.9. The summed E-state index contributed by atoms with van der Waals surface area (Å²) in [6, 6.07) is 23.9. The molecule has 0 radical (unpaired) electrons. The van der Waals surface area contributed by atoms with E-state index in [0.29, 0.717) is 0 Å². The molecule has 1 saturated heterocycles. The number of aromatic nitrogens is 1. The Bertz CT molecular complexity index is 1440. The smallest absolute Gasteiger partial charge is 0.248 e. The molecule has 184 valence electrons. The molecular formula is C31H33N3O2. The lowest BCUT2D eigenvalue weighted by Crippen LogP contribution is -2.34. The summed E-state index contributed by atoms with van der Waals surface area (Å²) in [6.07, 6.45) is 3.93. The Hall–Kier alpha value is -3.86. The van der Waals surface area contributed by atoms with E-state index in [0.717, 1.165) is 46.2 Å². The first-order chi connectivity index (χ1) is 17.5. The lowest BCUT2D eigenvalue weighted by molar-refractivity contribution is -0.120. The number of aryl methyl sites for hydroxylation is 2. The molecule has 0 saturated carbocycles. The van der Waals surface area contributed by atoms with Crippen molar-refractivity contribution in [2.45, 2.75) is 45.6 Å². The van der Waals surface area contributed by atoms with Crippen molar-refractivity contribution in [1.29, 1.82) is 0 Å². The molecule has 3 aromatic carbocycles. The number of rotatable bonds is 6. The van der Waals surface area contributed by atoms with Crippen LogP contribution in [-0.2, 0) is 11.2 Å². The molecule has 2 heterocycles. The van der Waals surface area contributed by atoms with Crippen LogP contribution in [0.4, 0.5) is 5.69 Å². The monoisotopic (exact) mass is 479 g/mol. The third-order valence-electron chi connectivity index (χ3n) is 7.11. The highest BCUT2D eigenvalue weighted by atomic mass is 16.1. The second-order valence-corrected chi connectivity index (χ2v) is 9.89. The van der Waals surface area contributed by atoms with Crippen LogP contribution in [0.1, 0.15) is 53.1 Å². The maximum Gasteiger partial charge on any atom is 0.248 e. The van der Waals surface area contributed by atoms with Gasteiger partial charge in [0.2, 0.25) is 11.5 Å². The molecule has 36 heavy (non-hydrogen) atoms. The molecule has 1 aliphatic heterocycles. The Kier molecular flexibility index (Phi) is 6.90. The number of aromatic amines is 1. The van der Waals surface area contributed by atoms with Gasteiger partial charge in [0.05, 0.1) is 12.5 Å². The highest BCUT2D eigenvalue weighted by Crippen LogP contribution is 2.33. The van der Waals surface area contributed by atoms with E-state index in [1.807, 2.05) is 43.3 Å². The molecule has 0 aliphatic carbocycles. The lowest BCUT2D eigenvalue weighted by Gasteiger charge is -2.33. The molecule has 1 amide bonds. The second kappa shape index (κ2) is 10.4. The van der Waals surface area contributed by atoms with Crippen LogP contribution < -0.4 is 15.8 Å². The summed E-state index contributed by atoms with van der Waals surface area (Å²) in [5.41, 5.74) is 7.15. The summed E-state index contributed by atoms with van der Waals surface area (Å²) in [4.78, 5) is 30.6. The summed E-state index contributed by atoms with van der Waals surface area (Å²) < 4.78 is 0. The number of carbonyl (C=O) groups is 1. The Labute approximate surface area is 212 Å². The molecule has 1 fully saturated rings. The number of nitrogens with one attached hydrogen (secondary N) is 2. The van der Waals surface area contributed by atoms with Crippen LogP contribution >= 0.6 is 0 Å². The topological polar surface area (TPSA) is 65.2 Å². The summed E-state index contributed by atoms with van der Waals surface area (Å²) in [7, 11) is 0. The van der Waals surface area contributed by atoms with Crippen LogP contribution in [0.25, 0.3) is 10.9 Å². The lowest BCUT2D eigenvalue weighted by atomic mass is 9.94. The average molecular weight is 480 g/mol. The quantitative estimate of drug-likeness (QED) is 0.379. The van der Waals surface area contributed by atoms with E-state index in [9.17, 15) is 9.59 Å². The van der Waals surface area contributed by atoms with Crippen molar-refractivity contribution in [1.82, 2.24) is 10.3 Å². The van der Waals surface area contributed by atoms with Gasteiger partial charge in [-0.25, -0.2) is 0 Å². The van der Waals surface area contributed by atoms with Gasteiger partial charge in [0.1, 0.15) is 0 Å². The molecule has 0 bridgehead atoms. The van der Waals surface area contributed by atoms with E-state index in [-0.39, 0.29) is 23.9 Å². The molecule has 1 unspecified atom stereocenters. The number of amides is 1. The zero-order valence-corrected chi connectivity index (χ0v) is 21.0. The first-order valence-corrected chi connectivity index (χ1v) is 12.8. The number of pyridine rings is 1. The third kappa shape index (κ3) is 5.20. The van der Waals surface area contributed by atoms with E-state index < -0.39 is 0 Å². The van der Waals surface area contributed by atoms with Crippen LogP contribution in [0.5, 0.6) is 0 Å². The fraction of sp³-hybridized carbons (Fsp3) is 0.290. The van der Waals surface area contributed by atoms with Gasteiger partial charge < -0.3 is 15.2 Å². The zero-order valence-electron chi connectivity index (χ0n) is 21.0. The van der Waals surface area contributed by atoms with E-state index in [1.54, 1.807) is 6.07 Å². The van der Waals surface area contributed by atoms with Crippen LogP contribution in [-0.4, -0.2) is 24.0 Å². The van der Waals surface area contributed by atoms with Crippen LogP contribution in [0, 0.1) is 13.8 Å². The molecular weight excluding hydrogens is 446 g/mol. The van der Waals surface area contributed by atoms with Gasteiger partial charge in [-0.1, -0.05) is 48.5 Å². The van der Waals surface area contributed by atoms with Gasteiger partial charge >= 0.3 is 0 Å². The largest absolute Gasteiger partial charge is 0.371 e. The predicted octanol–water partition coefficient (Wildman–Crippen LogP) is 5.58. The fourth-order valence-corrected chi connectivity index (χ4v) is 5.27. The summed E-state index contributed by atoms with van der Waals surface area (Å²) in [5.74, 6) is -0.0320. The van der Waals surface area contributed by atoms with E-state index in [1.165, 1.54) is 30.5 Å². The number of hydrogen-bond donors (Lipinski definition) is 2. The van der Waals surface area contributed by atoms with E-state index >= 15 is 0 Å². The number of benzene rings is 3. The third-order valence-corrected chi connectivity index (χ3v) is 7.11. The summed E-state index contributed by atoms with van der Waals surface area (Å²) in [6.45, 7) is 6.14. The number of fused-ring (bicyclic) bond motifs is 1. The minimum atomic E-state index is -0.241. The summed E-state index contributed by atoms with van der Waals surface area (Å²) in [5, 5.41) is 4.31. The second-order valence-electron chi connectivity index (χ2n) is 9.89. The van der Waals surface area contributed by atoms with Crippen LogP contribution in [0.15, 0.2) is 77.6 Å². The molecule has 1 aliphatic rings. The highest BCUT2D eigenvalue weighted by molar-refractivity contribution is 5.85. The Morgan fingerprint density at radius 3 is 2.50 bits per heavy atom. The minimum absolute atomic E-state index is 0.0320. The zero-order chi connectivity index (χ0) is 25.1. The first-order valence-electron chi connectivity index (χ1n) is 12.8. The number of piperidine rings is 1. The van der Waals surface area contributed by atoms with Gasteiger partial charge in [0.25, 0.3) is 0 Å². The van der Waals surface area contributed by atoms with Crippen molar-refractivity contribution in [3.63, 3.8) is 0 Å². The number of nitrogens with zero attached hydrogens (tertiary/aromatic N) is 1. The van der Waals surface area contributed by atoms with Gasteiger partial charge in [-0.05, 0) is 73.6 Å². The van der Waals surface area contributed by atoms with Crippen molar-refractivity contribution in [3.8, 4) is 0 Å². The number of H-pyrrole nitrogens is 1. The Morgan fingerprint density at radius 2 is 1.72 bits per heavy atom. The summed E-state index contributed by atoms with van der Waals surface area (Å²) >= 11 is 0. The number of anilines is 1. The normalized spacial score (nSPS) is 14.6. The minimum Gasteiger partial charge on any atom is -0.371 e. The van der Waals surface area contributed by atoms with Gasteiger partial charge in [0.15, 0.2) is 0 Å². The molecule has 5 rings (SSSR count). The SMILES string of the molecule is Cc1ccc(C(NC(=O)Cc2ccc3[nH]c(=O)cc(C)c3c2)c2ccccc2)c(N2CCCCC2)c1. The number of carbonyl (C=O) groups excluding carboxylic acids is 1. The Morgan fingerprint density at radius 1 is 0.944 bits per heavy atom. The average Bonchev–Trinajstić information content (AvgIpc) is 2.89. The van der Waals surface area contributed by atoms with E-state index in [4.69, 9.17) is 0 Å². The van der Waals surface area contributed by atoms with Gasteiger partial charge in [-0.2, -0.15) is 0 Å². The predicted molar refractivity (Wildman–Crippen MR) is 147 cm³/mol. The van der Waals surface area contributed by atoms with Crippen molar-refractivity contribution in [3.05, 3.63) is 111 Å². The molecule has 2 N–H and O–H groups in total. The molecule has 5 heteroatoms. The Balaban J connectivity index is 1.46. The fourth-order valence-electron chi connectivity index (χ4n) is 5.27.